The van der Waals surface area contributed by atoms with Gasteiger partial charge < -0.3 is 10.2 Å². The van der Waals surface area contributed by atoms with E-state index in [1.807, 2.05) is 24.8 Å². The van der Waals surface area contributed by atoms with Gasteiger partial charge in [-0.1, -0.05) is 18.2 Å². The molecule has 3 heterocycles. The zero-order valence-corrected chi connectivity index (χ0v) is 16.2. The van der Waals surface area contributed by atoms with Gasteiger partial charge in [0.15, 0.2) is 5.82 Å². The lowest BCUT2D eigenvalue weighted by molar-refractivity contribution is 0.151. The Labute approximate surface area is 167 Å². The summed E-state index contributed by atoms with van der Waals surface area (Å²) in [5.41, 5.74) is 2.93. The first kappa shape index (κ1) is 19.4. The molecule has 8 heteroatoms. The standard InChI is InChI=1S/C21H22F3N5/c1-12(14-4-3-5-15(8-14)20(23)24)26-21-18-9-17(29-7-6-16(22)11-29)10-25-19(18)13(2)27-28-21/h3-5,8-10,12,16,20H,6-7,11H2,1-2H3,(H,26,28)/t12-,16-/m1/s1. The number of nitrogens with one attached hydrogen (secondary N) is 1. The maximum absolute atomic E-state index is 13.6. The molecule has 1 aromatic carbocycles. The van der Waals surface area contributed by atoms with Crippen molar-refractivity contribution >= 4 is 22.4 Å². The van der Waals surface area contributed by atoms with Crippen molar-refractivity contribution in [2.45, 2.75) is 38.9 Å². The first-order chi connectivity index (χ1) is 13.9. The summed E-state index contributed by atoms with van der Waals surface area (Å²) in [5.74, 6) is 0.519. The second-order valence-electron chi connectivity index (χ2n) is 7.39. The molecule has 1 aliphatic heterocycles. The van der Waals surface area contributed by atoms with Gasteiger partial charge in [0.05, 0.1) is 29.1 Å². The van der Waals surface area contributed by atoms with E-state index in [1.54, 1.807) is 18.3 Å². The average Bonchev–Trinajstić information content (AvgIpc) is 3.16. The highest BCUT2D eigenvalue weighted by Crippen LogP contribution is 2.31. The molecule has 0 bridgehead atoms. The van der Waals surface area contributed by atoms with Crippen molar-refractivity contribution < 1.29 is 13.2 Å². The van der Waals surface area contributed by atoms with E-state index < -0.39 is 12.6 Å². The summed E-state index contributed by atoms with van der Waals surface area (Å²) in [4.78, 5) is 6.49. The second-order valence-corrected chi connectivity index (χ2v) is 7.39. The number of pyridine rings is 1. The van der Waals surface area contributed by atoms with E-state index in [-0.39, 0.29) is 11.6 Å². The highest BCUT2D eigenvalue weighted by Gasteiger charge is 2.23. The normalized spacial score (nSPS) is 17.9. The monoisotopic (exact) mass is 401 g/mol. The van der Waals surface area contributed by atoms with Crippen LogP contribution in [0.4, 0.5) is 24.7 Å². The molecule has 1 fully saturated rings. The summed E-state index contributed by atoms with van der Waals surface area (Å²) in [6, 6.07) is 7.98. The zero-order valence-electron chi connectivity index (χ0n) is 16.2. The molecule has 1 aliphatic rings. The number of fused-ring (bicyclic) bond motifs is 1. The van der Waals surface area contributed by atoms with Crippen LogP contribution >= 0.6 is 0 Å². The number of aryl methyl sites for hydroxylation is 1. The van der Waals surface area contributed by atoms with Crippen LogP contribution in [-0.2, 0) is 0 Å². The molecule has 4 rings (SSSR count). The van der Waals surface area contributed by atoms with Gasteiger partial charge in [0, 0.05) is 24.0 Å². The zero-order chi connectivity index (χ0) is 20.5. The Kier molecular flexibility index (Phi) is 5.25. The molecule has 5 nitrogen and oxygen atoms in total. The molecule has 0 saturated carbocycles. The molecule has 1 saturated heterocycles. The number of aromatic nitrogens is 3. The predicted octanol–water partition coefficient (Wildman–Crippen LogP) is 4.99. The molecule has 0 radical (unpaired) electrons. The summed E-state index contributed by atoms with van der Waals surface area (Å²) >= 11 is 0. The SMILES string of the molecule is Cc1nnc(N[C@H](C)c2cccc(C(F)F)c2)c2cc(N3CC[C@@H](F)C3)cnc12. The molecule has 152 valence electrons. The van der Waals surface area contributed by atoms with Crippen LogP contribution in [0.25, 0.3) is 10.9 Å². The topological polar surface area (TPSA) is 53.9 Å². The van der Waals surface area contributed by atoms with Crippen molar-refractivity contribution in [2.24, 2.45) is 0 Å². The molecule has 0 aliphatic carbocycles. The van der Waals surface area contributed by atoms with Crippen LogP contribution in [0, 0.1) is 6.92 Å². The van der Waals surface area contributed by atoms with Crippen LogP contribution in [0.5, 0.6) is 0 Å². The minimum Gasteiger partial charge on any atom is -0.367 e. The molecular formula is C21H22F3N5. The largest absolute Gasteiger partial charge is 0.367 e. The molecule has 0 spiro atoms. The minimum atomic E-state index is -2.52. The van der Waals surface area contributed by atoms with E-state index in [1.165, 1.54) is 12.1 Å². The smallest absolute Gasteiger partial charge is 0.263 e. The third kappa shape index (κ3) is 3.97. The number of anilines is 2. The maximum atomic E-state index is 13.6. The van der Waals surface area contributed by atoms with Gasteiger partial charge in [-0.25, -0.2) is 13.2 Å². The van der Waals surface area contributed by atoms with Gasteiger partial charge in [0.2, 0.25) is 0 Å². The van der Waals surface area contributed by atoms with Gasteiger partial charge in [0.25, 0.3) is 6.43 Å². The van der Waals surface area contributed by atoms with Crippen LogP contribution in [0.15, 0.2) is 36.5 Å². The van der Waals surface area contributed by atoms with Crippen molar-refractivity contribution in [3.63, 3.8) is 0 Å². The lowest BCUT2D eigenvalue weighted by atomic mass is 10.0. The summed E-state index contributed by atoms with van der Waals surface area (Å²) in [6.45, 7) is 4.70. The third-order valence-electron chi connectivity index (χ3n) is 5.28. The maximum Gasteiger partial charge on any atom is 0.263 e. The molecule has 0 unspecified atom stereocenters. The Morgan fingerprint density at radius 1 is 1.17 bits per heavy atom. The quantitative estimate of drug-likeness (QED) is 0.653. The molecular weight excluding hydrogens is 379 g/mol. The Morgan fingerprint density at radius 2 is 1.97 bits per heavy atom. The van der Waals surface area contributed by atoms with Crippen LogP contribution in [-0.4, -0.2) is 34.4 Å². The van der Waals surface area contributed by atoms with Crippen molar-refractivity contribution in [1.82, 2.24) is 15.2 Å². The third-order valence-corrected chi connectivity index (χ3v) is 5.28. The van der Waals surface area contributed by atoms with E-state index in [0.29, 0.717) is 36.5 Å². The molecule has 2 aromatic heterocycles. The van der Waals surface area contributed by atoms with Gasteiger partial charge in [0.1, 0.15) is 6.17 Å². The number of nitrogens with zero attached hydrogens (tertiary/aromatic N) is 4. The Morgan fingerprint density at radius 3 is 2.69 bits per heavy atom. The van der Waals surface area contributed by atoms with Gasteiger partial charge in [-0.3, -0.25) is 4.98 Å². The summed E-state index contributed by atoms with van der Waals surface area (Å²) in [7, 11) is 0. The Bertz CT molecular complexity index is 1030. The van der Waals surface area contributed by atoms with Gasteiger partial charge in [-0.15, -0.1) is 5.10 Å². The van der Waals surface area contributed by atoms with E-state index >= 15 is 0 Å². The summed E-state index contributed by atoms with van der Waals surface area (Å²) < 4.78 is 39.7. The number of hydrogen-bond donors (Lipinski definition) is 1. The van der Waals surface area contributed by atoms with E-state index in [2.05, 4.69) is 20.5 Å². The fraction of sp³-hybridized carbons (Fsp3) is 0.381. The van der Waals surface area contributed by atoms with Crippen molar-refractivity contribution in [3.05, 3.63) is 53.3 Å². The second kappa shape index (κ2) is 7.85. The number of alkyl halides is 3. The fourth-order valence-corrected chi connectivity index (χ4v) is 3.63. The number of benzene rings is 1. The van der Waals surface area contributed by atoms with Gasteiger partial charge in [-0.05, 0) is 38.0 Å². The first-order valence-electron chi connectivity index (χ1n) is 9.59. The van der Waals surface area contributed by atoms with Gasteiger partial charge >= 0.3 is 0 Å². The van der Waals surface area contributed by atoms with Crippen molar-refractivity contribution in [3.8, 4) is 0 Å². The molecule has 2 atom stereocenters. The van der Waals surface area contributed by atoms with E-state index in [9.17, 15) is 13.2 Å². The fourth-order valence-electron chi connectivity index (χ4n) is 3.63. The molecule has 3 aromatic rings. The predicted molar refractivity (Wildman–Crippen MR) is 107 cm³/mol. The number of halogens is 3. The average molecular weight is 401 g/mol. The Balaban J connectivity index is 1.67. The highest BCUT2D eigenvalue weighted by atomic mass is 19.3. The molecule has 29 heavy (non-hydrogen) atoms. The van der Waals surface area contributed by atoms with Crippen LogP contribution in [0.3, 0.4) is 0 Å². The van der Waals surface area contributed by atoms with E-state index in [0.717, 1.165) is 16.6 Å². The highest BCUT2D eigenvalue weighted by molar-refractivity contribution is 5.92. The minimum absolute atomic E-state index is 0.0187. The molecule has 1 N–H and O–H groups in total. The number of rotatable bonds is 5. The molecule has 0 amide bonds. The lowest BCUT2D eigenvalue weighted by Gasteiger charge is -2.20. The summed E-state index contributed by atoms with van der Waals surface area (Å²) in [6.07, 6.45) is -1.11. The van der Waals surface area contributed by atoms with E-state index in [4.69, 9.17) is 0 Å². The van der Waals surface area contributed by atoms with Crippen LogP contribution < -0.4 is 10.2 Å². The summed E-state index contributed by atoms with van der Waals surface area (Å²) in [5, 5.41) is 12.5. The van der Waals surface area contributed by atoms with Crippen molar-refractivity contribution in [1.29, 1.82) is 0 Å². The first-order valence-corrected chi connectivity index (χ1v) is 9.59. The lowest BCUT2D eigenvalue weighted by Crippen LogP contribution is -2.20. The van der Waals surface area contributed by atoms with Crippen LogP contribution in [0.2, 0.25) is 0 Å². The van der Waals surface area contributed by atoms with Crippen LogP contribution in [0.1, 0.15) is 42.6 Å². The number of hydrogen-bond acceptors (Lipinski definition) is 5. The van der Waals surface area contributed by atoms with Gasteiger partial charge in [-0.2, -0.15) is 5.10 Å². The van der Waals surface area contributed by atoms with Crippen molar-refractivity contribution in [2.75, 3.05) is 23.3 Å². The Hall–Kier alpha value is -2.90.